The van der Waals surface area contributed by atoms with Gasteiger partial charge in [0.05, 0.1) is 16.3 Å². The average molecular weight is 344 g/mol. The first kappa shape index (κ1) is 17.8. The highest BCUT2D eigenvalue weighted by molar-refractivity contribution is 7.90. The summed E-state index contributed by atoms with van der Waals surface area (Å²) in [6.07, 6.45) is -3.66. The molecule has 0 unspecified atom stereocenters. The van der Waals surface area contributed by atoms with Crippen LogP contribution < -0.4 is 0 Å². The third-order valence-corrected chi connectivity index (χ3v) is 3.92. The van der Waals surface area contributed by atoms with Crippen molar-refractivity contribution in [2.45, 2.75) is 6.18 Å². The summed E-state index contributed by atoms with van der Waals surface area (Å²) in [6, 6.07) is 2.81. The van der Waals surface area contributed by atoms with E-state index in [1.807, 2.05) is 0 Å². The van der Waals surface area contributed by atoms with Crippen molar-refractivity contribution in [3.8, 4) is 0 Å². The Morgan fingerprint density at radius 3 is 2.38 bits per heavy atom. The van der Waals surface area contributed by atoms with Gasteiger partial charge in [-0.1, -0.05) is 11.6 Å². The summed E-state index contributed by atoms with van der Waals surface area (Å²) in [7, 11) is -1.95. The molecule has 0 spiro atoms. The van der Waals surface area contributed by atoms with Gasteiger partial charge in [-0.05, 0) is 18.2 Å². The molecule has 4 nitrogen and oxygen atoms in total. The fraction of sp³-hybridized carbons (Fsp3) is 0.417. The van der Waals surface area contributed by atoms with E-state index < -0.39 is 32.5 Å². The zero-order valence-electron chi connectivity index (χ0n) is 11.2. The zero-order chi connectivity index (χ0) is 16.4. The number of amides is 1. The number of alkyl halides is 3. The molecule has 9 heteroatoms. The lowest BCUT2D eigenvalue weighted by Crippen LogP contribution is -2.31. The number of hydrogen-bond donors (Lipinski definition) is 0. The second-order valence-corrected chi connectivity index (χ2v) is 7.22. The molecule has 1 aromatic rings. The molecule has 1 amide bonds. The van der Waals surface area contributed by atoms with E-state index >= 15 is 0 Å². The van der Waals surface area contributed by atoms with Gasteiger partial charge < -0.3 is 4.90 Å². The Kier molecular flexibility index (Phi) is 5.27. The number of hydrogen-bond acceptors (Lipinski definition) is 3. The van der Waals surface area contributed by atoms with Crippen molar-refractivity contribution in [3.63, 3.8) is 0 Å². The van der Waals surface area contributed by atoms with Crippen molar-refractivity contribution in [2.75, 3.05) is 25.6 Å². The minimum absolute atomic E-state index is 0.109. The molecular formula is C12H13ClF3NO3S. The predicted molar refractivity (Wildman–Crippen MR) is 73.1 cm³/mol. The molecule has 0 aromatic heterocycles. The molecule has 0 radical (unpaired) electrons. The van der Waals surface area contributed by atoms with Crippen LogP contribution in [-0.2, 0) is 16.0 Å². The fourth-order valence-electron chi connectivity index (χ4n) is 1.50. The first-order valence-corrected chi connectivity index (χ1v) is 8.15. The van der Waals surface area contributed by atoms with Crippen molar-refractivity contribution in [1.82, 2.24) is 4.90 Å². The Labute approximate surface area is 125 Å². The molecule has 0 saturated carbocycles. The zero-order valence-corrected chi connectivity index (χ0v) is 12.8. The van der Waals surface area contributed by atoms with Crippen molar-refractivity contribution in [2.24, 2.45) is 0 Å². The maximum absolute atomic E-state index is 12.7. The summed E-state index contributed by atoms with van der Waals surface area (Å²) < 4.78 is 60.2. The highest BCUT2D eigenvalue weighted by Gasteiger charge is 2.34. The third kappa shape index (κ3) is 5.20. The van der Waals surface area contributed by atoms with Crippen LogP contribution in [0.5, 0.6) is 0 Å². The van der Waals surface area contributed by atoms with E-state index in [0.29, 0.717) is 6.07 Å². The van der Waals surface area contributed by atoms with Crippen LogP contribution in [-0.4, -0.2) is 44.8 Å². The second kappa shape index (κ2) is 6.23. The third-order valence-electron chi connectivity index (χ3n) is 2.66. The number of sulfone groups is 1. The average Bonchev–Trinajstić information content (AvgIpc) is 2.33. The Balaban J connectivity index is 2.98. The molecule has 0 aliphatic rings. The van der Waals surface area contributed by atoms with Crippen LogP contribution in [0.3, 0.4) is 0 Å². The van der Waals surface area contributed by atoms with Crippen LogP contribution in [0.25, 0.3) is 0 Å². The predicted octanol–water partition coefficient (Wildman–Crippen LogP) is 2.48. The maximum atomic E-state index is 12.7. The molecular weight excluding hydrogens is 331 g/mol. The smallest absolute Gasteiger partial charge is 0.341 e. The second-order valence-electron chi connectivity index (χ2n) is 4.55. The quantitative estimate of drug-likeness (QED) is 0.844. The molecule has 0 aliphatic carbocycles. The number of nitrogens with zero attached hydrogens (tertiary/aromatic N) is 1. The molecule has 0 aliphatic heterocycles. The number of carbonyl (C=O) groups is 1. The summed E-state index contributed by atoms with van der Waals surface area (Å²) in [5.41, 5.74) is -1.31. The first-order valence-electron chi connectivity index (χ1n) is 5.72. The van der Waals surface area contributed by atoms with Gasteiger partial charge >= 0.3 is 6.18 Å². The van der Waals surface area contributed by atoms with Gasteiger partial charge in [-0.25, -0.2) is 8.42 Å². The van der Waals surface area contributed by atoms with Crippen LogP contribution in [0.4, 0.5) is 13.2 Å². The molecule has 0 saturated heterocycles. The Morgan fingerprint density at radius 1 is 1.33 bits per heavy atom. The van der Waals surface area contributed by atoms with Crippen molar-refractivity contribution >= 4 is 27.3 Å². The molecule has 0 heterocycles. The summed E-state index contributed by atoms with van der Waals surface area (Å²) in [5, 5.41) is -0.502. The van der Waals surface area contributed by atoms with Gasteiger partial charge in [0.25, 0.3) is 5.91 Å². The highest BCUT2D eigenvalue weighted by Crippen LogP contribution is 2.35. The summed E-state index contributed by atoms with van der Waals surface area (Å²) in [6.45, 7) is -0.109. The monoisotopic (exact) mass is 343 g/mol. The van der Waals surface area contributed by atoms with Crippen LogP contribution in [0.1, 0.15) is 15.9 Å². The number of benzene rings is 1. The normalized spacial score (nSPS) is 12.3. The lowest BCUT2D eigenvalue weighted by atomic mass is 10.1. The Morgan fingerprint density at radius 2 is 1.90 bits per heavy atom. The van der Waals surface area contributed by atoms with E-state index in [2.05, 4.69) is 0 Å². The van der Waals surface area contributed by atoms with Gasteiger partial charge in [0, 0.05) is 25.4 Å². The van der Waals surface area contributed by atoms with Gasteiger partial charge in [0.15, 0.2) is 0 Å². The molecule has 1 aromatic carbocycles. The van der Waals surface area contributed by atoms with Crippen molar-refractivity contribution < 1.29 is 26.4 Å². The first-order chi connectivity index (χ1) is 9.42. The van der Waals surface area contributed by atoms with E-state index in [1.54, 1.807) is 0 Å². The van der Waals surface area contributed by atoms with Crippen LogP contribution >= 0.6 is 11.6 Å². The maximum Gasteiger partial charge on any atom is 0.417 e. The van der Waals surface area contributed by atoms with Gasteiger partial charge in [-0.2, -0.15) is 13.2 Å². The molecule has 0 atom stereocenters. The SMILES string of the molecule is CN(CCS(C)(=O)=O)C(=O)c1ccc(Cl)c(C(F)(F)F)c1. The molecule has 118 valence electrons. The fourth-order valence-corrected chi connectivity index (χ4v) is 2.33. The minimum Gasteiger partial charge on any atom is -0.341 e. The summed E-state index contributed by atoms with van der Waals surface area (Å²) in [5.74, 6) is -0.976. The van der Waals surface area contributed by atoms with E-state index in [4.69, 9.17) is 11.6 Å². The van der Waals surface area contributed by atoms with Gasteiger partial charge in [-0.15, -0.1) is 0 Å². The van der Waals surface area contributed by atoms with Gasteiger partial charge in [0.2, 0.25) is 0 Å². The van der Waals surface area contributed by atoms with Crippen LogP contribution in [0, 0.1) is 0 Å². The van der Waals surface area contributed by atoms with E-state index in [1.165, 1.54) is 7.05 Å². The van der Waals surface area contributed by atoms with Gasteiger partial charge in [0.1, 0.15) is 9.84 Å². The minimum atomic E-state index is -4.67. The summed E-state index contributed by atoms with van der Waals surface area (Å²) >= 11 is 5.46. The van der Waals surface area contributed by atoms with Gasteiger partial charge in [-0.3, -0.25) is 4.79 Å². The molecule has 21 heavy (non-hydrogen) atoms. The topological polar surface area (TPSA) is 54.5 Å². The number of halogens is 4. The molecule has 0 bridgehead atoms. The Hall–Kier alpha value is -1.28. The summed E-state index contributed by atoms with van der Waals surface area (Å²) in [4.78, 5) is 13.0. The van der Waals surface area contributed by atoms with Crippen LogP contribution in [0.15, 0.2) is 18.2 Å². The van der Waals surface area contributed by atoms with E-state index in [0.717, 1.165) is 23.3 Å². The number of rotatable bonds is 4. The van der Waals surface area contributed by atoms with Crippen molar-refractivity contribution in [3.05, 3.63) is 34.3 Å². The van der Waals surface area contributed by atoms with E-state index in [-0.39, 0.29) is 17.9 Å². The van der Waals surface area contributed by atoms with Crippen molar-refractivity contribution in [1.29, 1.82) is 0 Å². The Bertz CT molecular complexity index is 644. The highest BCUT2D eigenvalue weighted by atomic mass is 35.5. The lowest BCUT2D eigenvalue weighted by Gasteiger charge is -2.18. The van der Waals surface area contributed by atoms with E-state index in [9.17, 15) is 26.4 Å². The standard InChI is InChI=1S/C12H13ClF3NO3S/c1-17(5-6-21(2,19)20)11(18)8-3-4-10(13)9(7-8)12(14,15)16/h3-4,7H,5-6H2,1-2H3. The van der Waals surface area contributed by atoms with Crippen LogP contribution in [0.2, 0.25) is 5.02 Å². The lowest BCUT2D eigenvalue weighted by molar-refractivity contribution is -0.137. The number of carbonyl (C=O) groups excluding carboxylic acids is 1. The molecule has 0 fully saturated rings. The molecule has 1 rings (SSSR count). The molecule has 0 N–H and O–H groups in total. The largest absolute Gasteiger partial charge is 0.417 e.